The van der Waals surface area contributed by atoms with E-state index in [1.165, 1.54) is 24.8 Å². The number of hydrogen-bond acceptors (Lipinski definition) is 4. The van der Waals surface area contributed by atoms with E-state index in [0.29, 0.717) is 17.2 Å². The van der Waals surface area contributed by atoms with Gasteiger partial charge in [-0.3, -0.25) is 9.36 Å². The molecule has 0 bridgehead atoms. The molecule has 22 heavy (non-hydrogen) atoms. The van der Waals surface area contributed by atoms with Gasteiger partial charge in [0.2, 0.25) is 0 Å². The van der Waals surface area contributed by atoms with Gasteiger partial charge in [0, 0.05) is 17.1 Å². The molecule has 0 amide bonds. The minimum atomic E-state index is -0.680. The Morgan fingerprint density at radius 1 is 1.36 bits per heavy atom. The standard InChI is InChI=1S/C16H18FNO4/c1-9-12(17)14(21-5)11(8-19)10-6-7-18(13(9)10)15(20)22-16(2,3)4/h6-8H,1-5H3. The highest BCUT2D eigenvalue weighted by molar-refractivity contribution is 6.04. The summed E-state index contributed by atoms with van der Waals surface area (Å²) in [5, 5.41) is 0.441. The van der Waals surface area contributed by atoms with Gasteiger partial charge in [-0.1, -0.05) is 0 Å². The number of rotatable bonds is 2. The smallest absolute Gasteiger partial charge is 0.419 e. The number of aromatic nitrogens is 1. The fraction of sp³-hybridized carbons (Fsp3) is 0.375. The maximum absolute atomic E-state index is 14.4. The van der Waals surface area contributed by atoms with Gasteiger partial charge in [0.1, 0.15) is 5.60 Å². The number of carbonyl (C=O) groups excluding carboxylic acids is 2. The summed E-state index contributed by atoms with van der Waals surface area (Å²) < 4.78 is 25.9. The molecule has 0 saturated carbocycles. The maximum Gasteiger partial charge on any atom is 0.419 e. The van der Waals surface area contributed by atoms with Gasteiger partial charge in [-0.25, -0.2) is 9.18 Å². The molecule has 2 aromatic rings. The van der Waals surface area contributed by atoms with E-state index in [2.05, 4.69) is 0 Å². The molecule has 0 radical (unpaired) electrons. The zero-order valence-electron chi connectivity index (χ0n) is 13.2. The molecular formula is C16H18FNO4. The number of hydrogen-bond donors (Lipinski definition) is 0. The van der Waals surface area contributed by atoms with Crippen LogP contribution in [-0.2, 0) is 4.74 Å². The van der Waals surface area contributed by atoms with Gasteiger partial charge in [-0.2, -0.15) is 0 Å². The Bertz CT molecular complexity index is 756. The molecule has 0 aliphatic heterocycles. The van der Waals surface area contributed by atoms with Crippen molar-refractivity contribution >= 4 is 23.3 Å². The van der Waals surface area contributed by atoms with Gasteiger partial charge in [0.15, 0.2) is 17.9 Å². The van der Waals surface area contributed by atoms with Crippen molar-refractivity contribution in [2.24, 2.45) is 0 Å². The number of halogens is 1. The van der Waals surface area contributed by atoms with Crippen molar-refractivity contribution in [3.8, 4) is 5.75 Å². The van der Waals surface area contributed by atoms with E-state index in [-0.39, 0.29) is 16.9 Å². The predicted octanol–water partition coefficient (Wildman–Crippen LogP) is 3.69. The van der Waals surface area contributed by atoms with Crippen LogP contribution in [0.4, 0.5) is 9.18 Å². The Labute approximate surface area is 127 Å². The summed E-state index contributed by atoms with van der Waals surface area (Å²) in [4.78, 5) is 23.6. The van der Waals surface area contributed by atoms with Gasteiger partial charge in [-0.05, 0) is 33.8 Å². The van der Waals surface area contributed by atoms with Crippen molar-refractivity contribution in [2.45, 2.75) is 33.3 Å². The zero-order valence-corrected chi connectivity index (χ0v) is 13.2. The summed E-state index contributed by atoms with van der Waals surface area (Å²) in [5.74, 6) is -0.789. The fourth-order valence-corrected chi connectivity index (χ4v) is 2.33. The van der Waals surface area contributed by atoms with Crippen LogP contribution in [-0.4, -0.2) is 29.7 Å². The van der Waals surface area contributed by atoms with Crippen molar-refractivity contribution in [1.82, 2.24) is 4.57 Å². The molecule has 5 nitrogen and oxygen atoms in total. The third kappa shape index (κ3) is 2.56. The average molecular weight is 307 g/mol. The third-order valence-corrected chi connectivity index (χ3v) is 3.22. The largest absolute Gasteiger partial charge is 0.493 e. The first-order chi connectivity index (χ1) is 10.2. The van der Waals surface area contributed by atoms with Crippen LogP contribution in [0.5, 0.6) is 5.75 Å². The van der Waals surface area contributed by atoms with Crippen LogP contribution in [0.1, 0.15) is 36.7 Å². The second kappa shape index (κ2) is 5.44. The van der Waals surface area contributed by atoms with E-state index >= 15 is 0 Å². The number of methoxy groups -OCH3 is 1. The van der Waals surface area contributed by atoms with E-state index < -0.39 is 17.5 Å². The Morgan fingerprint density at radius 2 is 2.00 bits per heavy atom. The van der Waals surface area contributed by atoms with E-state index in [1.54, 1.807) is 26.8 Å². The molecule has 1 heterocycles. The summed E-state index contributed by atoms with van der Waals surface area (Å²) in [6, 6.07) is 1.57. The number of carbonyl (C=O) groups is 2. The van der Waals surface area contributed by atoms with E-state index in [9.17, 15) is 14.0 Å². The van der Waals surface area contributed by atoms with Crippen LogP contribution in [0.3, 0.4) is 0 Å². The zero-order chi connectivity index (χ0) is 16.7. The van der Waals surface area contributed by atoms with Crippen LogP contribution in [0.25, 0.3) is 10.9 Å². The monoisotopic (exact) mass is 307 g/mol. The van der Waals surface area contributed by atoms with Gasteiger partial charge in [0.25, 0.3) is 0 Å². The van der Waals surface area contributed by atoms with Crippen LogP contribution in [0.15, 0.2) is 12.3 Å². The fourth-order valence-electron chi connectivity index (χ4n) is 2.33. The highest BCUT2D eigenvalue weighted by Crippen LogP contribution is 2.34. The quantitative estimate of drug-likeness (QED) is 0.794. The summed E-state index contributed by atoms with van der Waals surface area (Å²) >= 11 is 0. The van der Waals surface area contributed by atoms with Crippen molar-refractivity contribution in [2.75, 3.05) is 7.11 Å². The first-order valence-electron chi connectivity index (χ1n) is 6.77. The minimum absolute atomic E-state index is 0.0721. The molecule has 0 aliphatic rings. The molecule has 0 saturated heterocycles. The Balaban J connectivity index is 2.73. The van der Waals surface area contributed by atoms with E-state index in [4.69, 9.17) is 9.47 Å². The average Bonchev–Trinajstić information content (AvgIpc) is 2.85. The number of aryl methyl sites for hydroxylation is 1. The van der Waals surface area contributed by atoms with Gasteiger partial charge >= 0.3 is 6.09 Å². The Morgan fingerprint density at radius 3 is 2.50 bits per heavy atom. The van der Waals surface area contributed by atoms with Crippen molar-refractivity contribution < 1.29 is 23.5 Å². The van der Waals surface area contributed by atoms with Crippen LogP contribution < -0.4 is 4.74 Å². The SMILES string of the molecule is COc1c(F)c(C)c2c(ccn2C(=O)OC(C)(C)C)c1C=O. The predicted molar refractivity (Wildman–Crippen MR) is 80.2 cm³/mol. The lowest BCUT2D eigenvalue weighted by molar-refractivity contribution is 0.0544. The molecule has 0 unspecified atom stereocenters. The van der Waals surface area contributed by atoms with Crippen molar-refractivity contribution in [1.29, 1.82) is 0 Å². The number of benzene rings is 1. The van der Waals surface area contributed by atoms with Crippen molar-refractivity contribution in [3.05, 3.63) is 29.2 Å². The Kier molecular flexibility index (Phi) is 3.96. The first kappa shape index (κ1) is 16.0. The lowest BCUT2D eigenvalue weighted by Gasteiger charge is -2.20. The lowest BCUT2D eigenvalue weighted by Crippen LogP contribution is -2.27. The normalized spacial score (nSPS) is 11.5. The van der Waals surface area contributed by atoms with Crippen LogP contribution >= 0.6 is 0 Å². The highest BCUT2D eigenvalue weighted by Gasteiger charge is 2.24. The molecule has 2 rings (SSSR count). The molecule has 0 fully saturated rings. The number of nitrogens with zero attached hydrogens (tertiary/aromatic N) is 1. The first-order valence-corrected chi connectivity index (χ1v) is 6.77. The van der Waals surface area contributed by atoms with Crippen molar-refractivity contribution in [3.63, 3.8) is 0 Å². The van der Waals surface area contributed by atoms with Gasteiger partial charge in [-0.15, -0.1) is 0 Å². The Hall–Kier alpha value is -2.37. The van der Waals surface area contributed by atoms with E-state index in [1.807, 2.05) is 0 Å². The third-order valence-electron chi connectivity index (χ3n) is 3.22. The maximum atomic E-state index is 14.4. The topological polar surface area (TPSA) is 57.5 Å². The number of ether oxygens (including phenoxy) is 2. The van der Waals surface area contributed by atoms with Crippen LogP contribution in [0.2, 0.25) is 0 Å². The second-order valence-electron chi connectivity index (χ2n) is 5.93. The molecule has 118 valence electrons. The molecule has 6 heteroatoms. The minimum Gasteiger partial charge on any atom is -0.493 e. The lowest BCUT2D eigenvalue weighted by atomic mass is 10.0. The van der Waals surface area contributed by atoms with E-state index in [0.717, 1.165) is 0 Å². The molecular weight excluding hydrogens is 289 g/mol. The summed E-state index contributed by atoms with van der Waals surface area (Å²) in [5.41, 5.74) is -0.0917. The number of fused-ring (bicyclic) bond motifs is 1. The second-order valence-corrected chi connectivity index (χ2v) is 5.93. The van der Waals surface area contributed by atoms with Gasteiger partial charge < -0.3 is 9.47 Å². The molecule has 0 atom stereocenters. The molecule has 0 aliphatic carbocycles. The van der Waals surface area contributed by atoms with Crippen LogP contribution in [0, 0.1) is 12.7 Å². The van der Waals surface area contributed by atoms with Gasteiger partial charge in [0.05, 0.1) is 18.2 Å². The summed E-state index contributed by atoms with van der Waals surface area (Å²) in [7, 11) is 1.29. The summed E-state index contributed by atoms with van der Waals surface area (Å²) in [6.07, 6.45) is 1.34. The number of aldehydes is 1. The molecule has 0 spiro atoms. The molecule has 1 aromatic heterocycles. The highest BCUT2D eigenvalue weighted by atomic mass is 19.1. The molecule has 0 N–H and O–H groups in total. The summed E-state index contributed by atoms with van der Waals surface area (Å²) in [6.45, 7) is 6.74. The molecule has 1 aromatic carbocycles.